The van der Waals surface area contributed by atoms with Crippen LogP contribution in [0.3, 0.4) is 0 Å². The fraction of sp³-hybridized carbons (Fsp3) is 0.600. The SMILES string of the molecule is CCCNC1CCCCC1S(=O)(=O)c1ccccc1F. The summed E-state index contributed by atoms with van der Waals surface area (Å²) in [5, 5.41) is 2.80. The zero-order valence-corrected chi connectivity index (χ0v) is 12.6. The Bertz CT molecular complexity index is 545. The fourth-order valence-electron chi connectivity index (χ4n) is 2.87. The van der Waals surface area contributed by atoms with Crippen molar-refractivity contribution >= 4 is 9.84 Å². The Morgan fingerprint density at radius 1 is 1.25 bits per heavy atom. The molecule has 1 saturated carbocycles. The third-order valence-electron chi connectivity index (χ3n) is 3.90. The first-order valence-corrected chi connectivity index (χ1v) is 8.83. The van der Waals surface area contributed by atoms with Crippen molar-refractivity contribution in [2.45, 2.75) is 55.2 Å². The predicted molar refractivity (Wildman–Crippen MR) is 77.9 cm³/mol. The summed E-state index contributed by atoms with van der Waals surface area (Å²) < 4.78 is 39.2. The quantitative estimate of drug-likeness (QED) is 0.909. The minimum atomic E-state index is -3.61. The first kappa shape index (κ1) is 15.4. The molecule has 0 saturated heterocycles. The number of hydrogen-bond acceptors (Lipinski definition) is 3. The van der Waals surface area contributed by atoms with Crippen LogP contribution in [-0.2, 0) is 9.84 Å². The Morgan fingerprint density at radius 2 is 1.95 bits per heavy atom. The second-order valence-electron chi connectivity index (χ2n) is 5.36. The van der Waals surface area contributed by atoms with Crippen molar-refractivity contribution in [2.75, 3.05) is 6.54 Å². The van der Waals surface area contributed by atoms with E-state index in [-0.39, 0.29) is 10.9 Å². The van der Waals surface area contributed by atoms with Gasteiger partial charge in [-0.1, -0.05) is 31.9 Å². The maximum atomic E-state index is 13.8. The zero-order chi connectivity index (χ0) is 14.6. The van der Waals surface area contributed by atoms with Gasteiger partial charge in [-0.2, -0.15) is 0 Å². The van der Waals surface area contributed by atoms with Gasteiger partial charge >= 0.3 is 0 Å². The number of sulfone groups is 1. The van der Waals surface area contributed by atoms with Crippen molar-refractivity contribution in [1.29, 1.82) is 0 Å². The van der Waals surface area contributed by atoms with Crippen LogP contribution >= 0.6 is 0 Å². The summed E-state index contributed by atoms with van der Waals surface area (Å²) in [5.41, 5.74) is 0. The number of nitrogens with one attached hydrogen (secondary N) is 1. The molecule has 20 heavy (non-hydrogen) atoms. The fourth-order valence-corrected chi connectivity index (χ4v) is 4.95. The van der Waals surface area contributed by atoms with Gasteiger partial charge in [0, 0.05) is 6.04 Å². The van der Waals surface area contributed by atoms with Gasteiger partial charge in [0.05, 0.1) is 5.25 Å². The van der Waals surface area contributed by atoms with E-state index in [0.29, 0.717) is 6.42 Å². The van der Waals surface area contributed by atoms with Gasteiger partial charge in [0.25, 0.3) is 0 Å². The average molecular weight is 299 g/mol. The molecule has 0 amide bonds. The molecule has 0 bridgehead atoms. The summed E-state index contributed by atoms with van der Waals surface area (Å²) in [5.74, 6) is -0.646. The highest BCUT2D eigenvalue weighted by molar-refractivity contribution is 7.92. The first-order chi connectivity index (χ1) is 9.57. The van der Waals surface area contributed by atoms with E-state index in [1.165, 1.54) is 18.2 Å². The number of rotatable bonds is 5. The van der Waals surface area contributed by atoms with Crippen LogP contribution in [0.1, 0.15) is 39.0 Å². The van der Waals surface area contributed by atoms with Crippen LogP contribution in [-0.4, -0.2) is 26.3 Å². The number of halogens is 1. The zero-order valence-electron chi connectivity index (χ0n) is 11.8. The Kier molecular flexibility index (Phi) is 5.16. The molecule has 2 rings (SSSR count). The third kappa shape index (κ3) is 3.20. The van der Waals surface area contributed by atoms with Crippen LogP contribution in [0, 0.1) is 5.82 Å². The summed E-state index contributed by atoms with van der Waals surface area (Å²) in [4.78, 5) is -0.157. The highest BCUT2D eigenvalue weighted by Crippen LogP contribution is 2.30. The molecule has 112 valence electrons. The first-order valence-electron chi connectivity index (χ1n) is 7.29. The van der Waals surface area contributed by atoms with Crippen LogP contribution in [0.25, 0.3) is 0 Å². The second kappa shape index (κ2) is 6.68. The summed E-state index contributed by atoms with van der Waals surface area (Å²) in [6.45, 7) is 2.85. The number of benzene rings is 1. The second-order valence-corrected chi connectivity index (χ2v) is 7.49. The maximum absolute atomic E-state index is 13.8. The molecule has 1 aromatic carbocycles. The Balaban J connectivity index is 2.28. The molecule has 0 radical (unpaired) electrons. The molecular formula is C15H22FNO2S. The molecule has 1 aliphatic rings. The van der Waals surface area contributed by atoms with Gasteiger partial charge in [-0.25, -0.2) is 12.8 Å². The Hall–Kier alpha value is -0.940. The lowest BCUT2D eigenvalue weighted by atomic mass is 9.95. The number of hydrogen-bond donors (Lipinski definition) is 1. The van der Waals surface area contributed by atoms with Crippen LogP contribution in [0.2, 0.25) is 0 Å². The smallest absolute Gasteiger partial charge is 0.185 e. The van der Waals surface area contributed by atoms with Crippen LogP contribution in [0.5, 0.6) is 0 Å². The standard InChI is InChI=1S/C15H22FNO2S/c1-2-11-17-13-8-4-6-10-15(13)20(18,19)14-9-5-3-7-12(14)16/h3,5,7,9,13,15,17H,2,4,6,8,10-11H2,1H3. The van der Waals surface area contributed by atoms with E-state index in [2.05, 4.69) is 12.2 Å². The van der Waals surface area contributed by atoms with Gasteiger partial charge in [0.2, 0.25) is 0 Å². The summed E-state index contributed by atoms with van der Waals surface area (Å²) in [7, 11) is -3.61. The molecule has 2 atom stereocenters. The average Bonchev–Trinajstić information content (AvgIpc) is 2.45. The van der Waals surface area contributed by atoms with Crippen molar-refractivity contribution in [3.8, 4) is 0 Å². The van der Waals surface area contributed by atoms with E-state index in [9.17, 15) is 12.8 Å². The van der Waals surface area contributed by atoms with E-state index in [0.717, 1.165) is 32.2 Å². The van der Waals surface area contributed by atoms with E-state index < -0.39 is 20.9 Å². The minimum absolute atomic E-state index is 0.0618. The molecule has 5 heteroatoms. The van der Waals surface area contributed by atoms with E-state index in [1.54, 1.807) is 6.07 Å². The van der Waals surface area contributed by atoms with Crippen molar-refractivity contribution in [3.63, 3.8) is 0 Å². The Labute approximate surface area is 120 Å². The predicted octanol–water partition coefficient (Wildman–Crippen LogP) is 2.91. The van der Waals surface area contributed by atoms with Gasteiger partial charge < -0.3 is 5.32 Å². The van der Waals surface area contributed by atoms with Gasteiger partial charge in [0.15, 0.2) is 9.84 Å². The topological polar surface area (TPSA) is 46.2 Å². The van der Waals surface area contributed by atoms with Crippen molar-refractivity contribution in [3.05, 3.63) is 30.1 Å². The molecule has 0 spiro atoms. The van der Waals surface area contributed by atoms with Crippen LogP contribution in [0.4, 0.5) is 4.39 Å². The van der Waals surface area contributed by atoms with E-state index in [4.69, 9.17) is 0 Å². The van der Waals surface area contributed by atoms with Crippen molar-refractivity contribution in [2.24, 2.45) is 0 Å². The summed E-state index contributed by atoms with van der Waals surface area (Å²) >= 11 is 0. The lowest BCUT2D eigenvalue weighted by Gasteiger charge is -2.32. The molecule has 0 aliphatic heterocycles. The largest absolute Gasteiger partial charge is 0.313 e. The van der Waals surface area contributed by atoms with E-state index >= 15 is 0 Å². The molecular weight excluding hydrogens is 277 g/mol. The lowest BCUT2D eigenvalue weighted by Crippen LogP contribution is -2.46. The van der Waals surface area contributed by atoms with E-state index in [1.807, 2.05) is 0 Å². The molecule has 0 heterocycles. The molecule has 1 N–H and O–H groups in total. The van der Waals surface area contributed by atoms with Crippen LogP contribution in [0.15, 0.2) is 29.2 Å². The molecule has 2 unspecified atom stereocenters. The molecule has 3 nitrogen and oxygen atoms in total. The Morgan fingerprint density at radius 3 is 2.65 bits per heavy atom. The summed E-state index contributed by atoms with van der Waals surface area (Å²) in [6.07, 6.45) is 4.34. The van der Waals surface area contributed by atoms with Crippen molar-refractivity contribution in [1.82, 2.24) is 5.32 Å². The van der Waals surface area contributed by atoms with Crippen LogP contribution < -0.4 is 5.32 Å². The maximum Gasteiger partial charge on any atom is 0.185 e. The normalized spacial score (nSPS) is 23.7. The van der Waals surface area contributed by atoms with Gasteiger partial charge in [-0.15, -0.1) is 0 Å². The molecule has 1 fully saturated rings. The minimum Gasteiger partial charge on any atom is -0.313 e. The van der Waals surface area contributed by atoms with Gasteiger partial charge in [-0.05, 0) is 37.9 Å². The third-order valence-corrected chi connectivity index (χ3v) is 6.21. The molecule has 1 aliphatic carbocycles. The van der Waals surface area contributed by atoms with Gasteiger partial charge in [0.1, 0.15) is 10.7 Å². The summed E-state index contributed by atoms with van der Waals surface area (Å²) in [6, 6.07) is 5.61. The molecule has 0 aromatic heterocycles. The lowest BCUT2D eigenvalue weighted by molar-refractivity contribution is 0.370. The highest BCUT2D eigenvalue weighted by Gasteiger charge is 2.37. The molecule has 1 aromatic rings. The van der Waals surface area contributed by atoms with Gasteiger partial charge in [-0.3, -0.25) is 0 Å². The highest BCUT2D eigenvalue weighted by atomic mass is 32.2. The monoisotopic (exact) mass is 299 g/mol. The van der Waals surface area contributed by atoms with Crippen molar-refractivity contribution < 1.29 is 12.8 Å².